The molecule has 2 atom stereocenters. The van der Waals surface area contributed by atoms with Crippen molar-refractivity contribution in [3.8, 4) is 11.5 Å². The molecule has 0 aliphatic carbocycles. The Kier molecular flexibility index (Phi) is 7.85. The Morgan fingerprint density at radius 1 is 1.28 bits per heavy atom. The summed E-state index contributed by atoms with van der Waals surface area (Å²) in [6.07, 6.45) is 2.58. The molecule has 1 saturated heterocycles. The van der Waals surface area contributed by atoms with Crippen LogP contribution in [0.1, 0.15) is 26.7 Å². The van der Waals surface area contributed by atoms with Gasteiger partial charge in [0, 0.05) is 19.6 Å². The average Bonchev–Trinajstić information content (AvgIpc) is 3.10. The van der Waals surface area contributed by atoms with Crippen molar-refractivity contribution in [2.24, 2.45) is 4.99 Å². The topological polar surface area (TPSA) is 58.1 Å². The van der Waals surface area contributed by atoms with E-state index in [2.05, 4.69) is 27.4 Å². The van der Waals surface area contributed by atoms with Crippen molar-refractivity contribution in [3.63, 3.8) is 0 Å². The van der Waals surface area contributed by atoms with Crippen LogP contribution >= 0.6 is 0 Å². The monoisotopic (exact) mass is 348 g/mol. The first kappa shape index (κ1) is 19.4. The number of hydrogen-bond donors (Lipinski definition) is 2. The molecule has 0 saturated carbocycles. The molecule has 0 spiro atoms. The zero-order valence-corrected chi connectivity index (χ0v) is 15.9. The number of nitrogens with one attached hydrogen (secondary N) is 2. The molecular formula is C19H32N4O2. The molecule has 0 aromatic heterocycles. The van der Waals surface area contributed by atoms with Crippen LogP contribution in [0.2, 0.25) is 0 Å². The molecule has 6 nitrogen and oxygen atoms in total. The van der Waals surface area contributed by atoms with Gasteiger partial charge in [-0.2, -0.15) is 0 Å². The van der Waals surface area contributed by atoms with Gasteiger partial charge in [-0.1, -0.05) is 6.92 Å². The summed E-state index contributed by atoms with van der Waals surface area (Å²) in [4.78, 5) is 6.83. The van der Waals surface area contributed by atoms with Crippen molar-refractivity contribution in [2.45, 2.75) is 38.8 Å². The molecular weight excluding hydrogens is 316 g/mol. The molecule has 6 heteroatoms. The maximum Gasteiger partial charge on any atom is 0.191 e. The van der Waals surface area contributed by atoms with Crippen LogP contribution in [0.4, 0.5) is 0 Å². The van der Waals surface area contributed by atoms with Gasteiger partial charge in [0.25, 0.3) is 0 Å². The van der Waals surface area contributed by atoms with Gasteiger partial charge in [-0.05, 0) is 57.1 Å². The summed E-state index contributed by atoms with van der Waals surface area (Å²) < 4.78 is 11.1. The highest BCUT2D eigenvalue weighted by atomic mass is 16.5. The molecule has 1 aromatic carbocycles. The third kappa shape index (κ3) is 6.12. The van der Waals surface area contributed by atoms with E-state index in [0.29, 0.717) is 12.6 Å². The highest BCUT2D eigenvalue weighted by Gasteiger charge is 2.22. The van der Waals surface area contributed by atoms with E-state index in [4.69, 9.17) is 9.47 Å². The summed E-state index contributed by atoms with van der Waals surface area (Å²) in [5, 5.41) is 6.77. The highest BCUT2D eigenvalue weighted by Crippen LogP contribution is 2.18. The minimum Gasteiger partial charge on any atom is -0.497 e. The maximum absolute atomic E-state index is 5.91. The van der Waals surface area contributed by atoms with E-state index < -0.39 is 0 Å². The van der Waals surface area contributed by atoms with Crippen LogP contribution in [0.3, 0.4) is 0 Å². The van der Waals surface area contributed by atoms with Gasteiger partial charge in [-0.25, -0.2) is 0 Å². The van der Waals surface area contributed by atoms with Gasteiger partial charge in [0.05, 0.1) is 13.7 Å². The van der Waals surface area contributed by atoms with Crippen LogP contribution in [0.15, 0.2) is 29.3 Å². The number of aliphatic imine (C=N–C) groups is 1. The Morgan fingerprint density at radius 2 is 2.00 bits per heavy atom. The van der Waals surface area contributed by atoms with Crippen LogP contribution < -0.4 is 20.1 Å². The molecule has 1 heterocycles. The first-order valence-corrected chi connectivity index (χ1v) is 9.15. The second-order valence-electron chi connectivity index (χ2n) is 6.36. The summed E-state index contributed by atoms with van der Waals surface area (Å²) in [6, 6.07) is 8.24. The molecule has 140 valence electrons. The number of methoxy groups -OCH3 is 1. The molecule has 1 aromatic rings. The van der Waals surface area contributed by atoms with Crippen molar-refractivity contribution in [3.05, 3.63) is 24.3 Å². The first-order chi connectivity index (χ1) is 12.2. The molecule has 2 N–H and O–H groups in total. The summed E-state index contributed by atoms with van der Waals surface area (Å²) in [7, 11) is 3.46. The Balaban J connectivity index is 1.72. The first-order valence-electron chi connectivity index (χ1n) is 9.15. The second-order valence-corrected chi connectivity index (χ2v) is 6.36. The van der Waals surface area contributed by atoms with E-state index in [9.17, 15) is 0 Å². The van der Waals surface area contributed by atoms with Gasteiger partial charge in [-0.3, -0.25) is 9.89 Å². The number of guanidine groups is 1. The third-order valence-electron chi connectivity index (χ3n) is 4.59. The fourth-order valence-corrected chi connectivity index (χ4v) is 3.15. The fourth-order valence-electron chi connectivity index (χ4n) is 3.15. The van der Waals surface area contributed by atoms with Crippen molar-refractivity contribution >= 4 is 5.96 Å². The van der Waals surface area contributed by atoms with Crippen LogP contribution in [-0.4, -0.2) is 63.3 Å². The normalized spacial score (nSPS) is 19.5. The molecule has 2 rings (SSSR count). The highest BCUT2D eigenvalue weighted by molar-refractivity contribution is 5.79. The van der Waals surface area contributed by atoms with E-state index in [1.807, 2.05) is 31.2 Å². The number of hydrogen-bond acceptors (Lipinski definition) is 4. The van der Waals surface area contributed by atoms with Crippen LogP contribution in [0.25, 0.3) is 0 Å². The quantitative estimate of drug-likeness (QED) is 0.557. The lowest BCUT2D eigenvalue weighted by Crippen LogP contribution is -2.46. The van der Waals surface area contributed by atoms with Gasteiger partial charge in [0.2, 0.25) is 0 Å². The molecule has 1 fully saturated rings. The fraction of sp³-hybridized carbons (Fsp3) is 0.632. The molecule has 2 unspecified atom stereocenters. The summed E-state index contributed by atoms with van der Waals surface area (Å²) in [6.45, 7) is 8.21. The van der Waals surface area contributed by atoms with E-state index in [0.717, 1.165) is 30.5 Å². The Morgan fingerprint density at radius 3 is 2.64 bits per heavy atom. The van der Waals surface area contributed by atoms with Crippen LogP contribution in [-0.2, 0) is 0 Å². The smallest absolute Gasteiger partial charge is 0.191 e. The van der Waals surface area contributed by atoms with Gasteiger partial charge in [0.15, 0.2) is 5.96 Å². The predicted molar refractivity (Wildman–Crippen MR) is 103 cm³/mol. The van der Waals surface area contributed by atoms with Crippen molar-refractivity contribution in [1.29, 1.82) is 0 Å². The van der Waals surface area contributed by atoms with E-state index >= 15 is 0 Å². The molecule has 0 bridgehead atoms. The lowest BCUT2D eigenvalue weighted by molar-refractivity contribution is 0.223. The number of ether oxygens (including phenoxy) is 2. The average molecular weight is 348 g/mol. The van der Waals surface area contributed by atoms with E-state index in [1.165, 1.54) is 19.4 Å². The molecule has 1 aliphatic heterocycles. The lowest BCUT2D eigenvalue weighted by Gasteiger charge is -2.24. The SMILES string of the molecule is CCN1CCCC1CNC(=NC)NCC(C)Oc1ccc(OC)cc1. The van der Waals surface area contributed by atoms with Gasteiger partial charge < -0.3 is 20.1 Å². The van der Waals surface area contributed by atoms with Gasteiger partial charge in [-0.15, -0.1) is 0 Å². The van der Waals surface area contributed by atoms with Gasteiger partial charge >= 0.3 is 0 Å². The predicted octanol–water partition coefficient (Wildman–Crippen LogP) is 2.11. The minimum absolute atomic E-state index is 0.0329. The molecule has 25 heavy (non-hydrogen) atoms. The van der Waals surface area contributed by atoms with E-state index in [1.54, 1.807) is 14.2 Å². The number of nitrogens with zero attached hydrogens (tertiary/aromatic N) is 2. The molecule has 0 radical (unpaired) electrons. The third-order valence-corrected chi connectivity index (χ3v) is 4.59. The number of likely N-dealkylation sites (tertiary alicyclic amines) is 1. The standard InChI is InChI=1S/C19H32N4O2/c1-5-23-12-6-7-16(23)14-22-19(20-3)21-13-15(2)25-18-10-8-17(24-4)9-11-18/h8-11,15-16H,5-7,12-14H2,1-4H3,(H2,20,21,22). The number of rotatable bonds is 8. The van der Waals surface area contributed by atoms with Crippen molar-refractivity contribution in [2.75, 3.05) is 40.3 Å². The maximum atomic E-state index is 5.91. The second kappa shape index (κ2) is 10.1. The largest absolute Gasteiger partial charge is 0.497 e. The van der Waals surface area contributed by atoms with Crippen molar-refractivity contribution in [1.82, 2.24) is 15.5 Å². The summed E-state index contributed by atoms with van der Waals surface area (Å²) >= 11 is 0. The van der Waals surface area contributed by atoms with Gasteiger partial charge in [0.1, 0.15) is 17.6 Å². The minimum atomic E-state index is 0.0329. The van der Waals surface area contributed by atoms with Crippen LogP contribution in [0.5, 0.6) is 11.5 Å². The molecule has 0 amide bonds. The lowest BCUT2D eigenvalue weighted by atomic mass is 10.2. The zero-order valence-electron chi connectivity index (χ0n) is 15.9. The zero-order chi connectivity index (χ0) is 18.1. The number of benzene rings is 1. The Bertz CT molecular complexity index is 533. The van der Waals surface area contributed by atoms with E-state index in [-0.39, 0.29) is 6.10 Å². The summed E-state index contributed by atoms with van der Waals surface area (Å²) in [5.74, 6) is 2.49. The van der Waals surface area contributed by atoms with Crippen molar-refractivity contribution < 1.29 is 9.47 Å². The number of likely N-dealkylation sites (N-methyl/N-ethyl adjacent to an activating group) is 1. The van der Waals surface area contributed by atoms with Crippen LogP contribution in [0, 0.1) is 0 Å². The Labute approximate surface area is 151 Å². The summed E-state index contributed by atoms with van der Waals surface area (Å²) in [5.41, 5.74) is 0. The molecule has 1 aliphatic rings. The Hall–Kier alpha value is -1.95.